The van der Waals surface area contributed by atoms with Gasteiger partial charge in [0.15, 0.2) is 0 Å². The Kier molecular flexibility index (Phi) is 4.57. The lowest BCUT2D eigenvalue weighted by molar-refractivity contribution is 0.0938. The second-order valence-electron chi connectivity index (χ2n) is 5.25. The minimum absolute atomic E-state index is 0.128. The third-order valence-corrected chi connectivity index (χ3v) is 4.02. The highest BCUT2D eigenvalue weighted by molar-refractivity contribution is 9.10. The molecule has 1 amide bonds. The number of carbonyl (C=O) groups excluding carboxylic acids is 1. The van der Waals surface area contributed by atoms with Crippen molar-refractivity contribution in [3.8, 4) is 11.3 Å². The molecule has 1 unspecified atom stereocenters. The maximum Gasteiger partial charge on any atom is 0.251 e. The predicted octanol–water partition coefficient (Wildman–Crippen LogP) is 4.33. The van der Waals surface area contributed by atoms with E-state index in [1.807, 2.05) is 49.4 Å². The number of halogens is 1. The number of carbonyl (C=O) groups is 1. The number of imidazole rings is 1. The fraction of sp³-hybridized carbons (Fsp3) is 0.111. The Hall–Kier alpha value is -2.40. The summed E-state index contributed by atoms with van der Waals surface area (Å²) in [4.78, 5) is 19.9. The number of nitrogens with zero attached hydrogens (tertiary/aromatic N) is 1. The van der Waals surface area contributed by atoms with Crippen LogP contribution in [0.15, 0.2) is 65.3 Å². The van der Waals surface area contributed by atoms with Crippen LogP contribution in [0.4, 0.5) is 0 Å². The summed E-state index contributed by atoms with van der Waals surface area (Å²) in [6, 6.07) is 17.1. The average Bonchev–Trinajstić information content (AvgIpc) is 3.06. The SMILES string of the molecule is CC(NC(=O)c1cccc(Br)c1)c1ncc(-c2ccccc2)[nH]1. The van der Waals surface area contributed by atoms with Crippen LogP contribution in [0.5, 0.6) is 0 Å². The molecule has 3 rings (SSSR count). The van der Waals surface area contributed by atoms with Crippen LogP contribution in [0.1, 0.15) is 29.1 Å². The summed E-state index contributed by atoms with van der Waals surface area (Å²) < 4.78 is 0.877. The largest absolute Gasteiger partial charge is 0.342 e. The molecule has 2 N–H and O–H groups in total. The fourth-order valence-corrected chi connectivity index (χ4v) is 2.70. The van der Waals surface area contributed by atoms with Crippen LogP contribution in [0.2, 0.25) is 0 Å². The zero-order chi connectivity index (χ0) is 16.2. The topological polar surface area (TPSA) is 57.8 Å². The Labute approximate surface area is 143 Å². The summed E-state index contributed by atoms with van der Waals surface area (Å²) in [5.74, 6) is 0.601. The van der Waals surface area contributed by atoms with Crippen LogP contribution in [0.25, 0.3) is 11.3 Å². The first-order chi connectivity index (χ1) is 11.1. The molecular formula is C18H16BrN3O. The van der Waals surface area contributed by atoms with Crippen molar-refractivity contribution in [1.82, 2.24) is 15.3 Å². The Morgan fingerprint density at radius 1 is 1.17 bits per heavy atom. The van der Waals surface area contributed by atoms with E-state index in [1.54, 1.807) is 18.3 Å². The highest BCUT2D eigenvalue weighted by Crippen LogP contribution is 2.19. The fourth-order valence-electron chi connectivity index (χ4n) is 2.30. The highest BCUT2D eigenvalue weighted by Gasteiger charge is 2.14. The number of nitrogens with one attached hydrogen (secondary N) is 2. The Bertz CT molecular complexity index is 814. The summed E-state index contributed by atoms with van der Waals surface area (Å²) >= 11 is 3.37. The molecule has 0 spiro atoms. The van der Waals surface area contributed by atoms with Crippen LogP contribution >= 0.6 is 15.9 Å². The molecule has 0 saturated heterocycles. The van der Waals surface area contributed by atoms with Crippen molar-refractivity contribution in [3.63, 3.8) is 0 Å². The van der Waals surface area contributed by atoms with E-state index in [0.717, 1.165) is 21.6 Å². The van der Waals surface area contributed by atoms with Gasteiger partial charge in [-0.05, 0) is 30.7 Å². The van der Waals surface area contributed by atoms with Crippen molar-refractivity contribution < 1.29 is 4.79 Å². The van der Waals surface area contributed by atoms with Gasteiger partial charge in [-0.25, -0.2) is 4.98 Å². The van der Waals surface area contributed by atoms with Crippen LogP contribution in [-0.2, 0) is 0 Å². The highest BCUT2D eigenvalue weighted by atomic mass is 79.9. The number of hydrogen-bond acceptors (Lipinski definition) is 2. The lowest BCUT2D eigenvalue weighted by Crippen LogP contribution is -2.27. The molecule has 0 radical (unpaired) electrons. The first-order valence-electron chi connectivity index (χ1n) is 7.30. The first kappa shape index (κ1) is 15.5. The molecule has 0 aliphatic carbocycles. The molecule has 23 heavy (non-hydrogen) atoms. The summed E-state index contributed by atoms with van der Waals surface area (Å²) in [5, 5.41) is 2.95. The molecule has 0 bridgehead atoms. The molecule has 116 valence electrons. The van der Waals surface area contributed by atoms with E-state index >= 15 is 0 Å². The van der Waals surface area contributed by atoms with E-state index in [4.69, 9.17) is 0 Å². The van der Waals surface area contributed by atoms with Crippen LogP contribution in [0.3, 0.4) is 0 Å². The molecule has 0 saturated carbocycles. The van der Waals surface area contributed by atoms with Gasteiger partial charge in [-0.15, -0.1) is 0 Å². The van der Waals surface area contributed by atoms with Gasteiger partial charge in [-0.2, -0.15) is 0 Å². The molecule has 0 aliphatic rings. The molecular weight excluding hydrogens is 354 g/mol. The third-order valence-electron chi connectivity index (χ3n) is 3.52. The van der Waals surface area contributed by atoms with Gasteiger partial charge in [0.1, 0.15) is 5.82 Å². The number of rotatable bonds is 4. The minimum atomic E-state index is -0.209. The molecule has 3 aromatic rings. The van der Waals surface area contributed by atoms with E-state index in [2.05, 4.69) is 31.2 Å². The summed E-state index contributed by atoms with van der Waals surface area (Å²) in [7, 11) is 0. The van der Waals surface area contributed by atoms with Gasteiger partial charge < -0.3 is 10.3 Å². The zero-order valence-corrected chi connectivity index (χ0v) is 14.2. The van der Waals surface area contributed by atoms with Gasteiger partial charge in [-0.1, -0.05) is 52.3 Å². The minimum Gasteiger partial charge on any atom is -0.342 e. The van der Waals surface area contributed by atoms with Crippen molar-refractivity contribution >= 4 is 21.8 Å². The lowest BCUT2D eigenvalue weighted by Gasteiger charge is -2.11. The summed E-state index contributed by atoms with van der Waals surface area (Å²) in [6.45, 7) is 1.91. The van der Waals surface area contributed by atoms with Crippen molar-refractivity contribution in [2.75, 3.05) is 0 Å². The summed E-state index contributed by atoms with van der Waals surface area (Å²) in [5.41, 5.74) is 2.61. The van der Waals surface area contributed by atoms with Crippen LogP contribution in [-0.4, -0.2) is 15.9 Å². The van der Waals surface area contributed by atoms with E-state index < -0.39 is 0 Å². The number of aromatic nitrogens is 2. The van der Waals surface area contributed by atoms with Crippen molar-refractivity contribution in [2.24, 2.45) is 0 Å². The second-order valence-corrected chi connectivity index (χ2v) is 6.17. The molecule has 1 heterocycles. The number of amides is 1. The predicted molar refractivity (Wildman–Crippen MR) is 94.0 cm³/mol. The molecule has 1 aromatic heterocycles. The van der Waals surface area contributed by atoms with Gasteiger partial charge in [0.2, 0.25) is 0 Å². The Morgan fingerprint density at radius 2 is 1.96 bits per heavy atom. The van der Waals surface area contributed by atoms with Gasteiger partial charge in [0, 0.05) is 10.0 Å². The van der Waals surface area contributed by atoms with Gasteiger partial charge in [0.05, 0.1) is 17.9 Å². The standard InChI is InChI=1S/C18H16BrN3O/c1-12(21-18(23)14-8-5-9-15(19)10-14)17-20-11-16(22-17)13-6-3-2-4-7-13/h2-12H,1H3,(H,20,22)(H,21,23). The zero-order valence-electron chi connectivity index (χ0n) is 12.6. The molecule has 5 heteroatoms. The maximum absolute atomic E-state index is 12.3. The van der Waals surface area contributed by atoms with Gasteiger partial charge >= 0.3 is 0 Å². The summed E-state index contributed by atoms with van der Waals surface area (Å²) in [6.07, 6.45) is 1.78. The van der Waals surface area contributed by atoms with Crippen molar-refractivity contribution in [1.29, 1.82) is 0 Å². The molecule has 1 atom stereocenters. The van der Waals surface area contributed by atoms with E-state index in [-0.39, 0.29) is 11.9 Å². The molecule has 0 aliphatic heterocycles. The van der Waals surface area contributed by atoms with Crippen molar-refractivity contribution in [2.45, 2.75) is 13.0 Å². The lowest BCUT2D eigenvalue weighted by atomic mass is 10.2. The van der Waals surface area contributed by atoms with E-state index in [9.17, 15) is 4.79 Å². The quantitative estimate of drug-likeness (QED) is 0.718. The maximum atomic E-state index is 12.3. The smallest absolute Gasteiger partial charge is 0.251 e. The monoisotopic (exact) mass is 369 g/mol. The van der Waals surface area contributed by atoms with Gasteiger partial charge in [0.25, 0.3) is 5.91 Å². The Balaban J connectivity index is 1.73. The average molecular weight is 370 g/mol. The molecule has 0 fully saturated rings. The van der Waals surface area contributed by atoms with Gasteiger partial charge in [-0.3, -0.25) is 4.79 Å². The van der Waals surface area contributed by atoms with Crippen molar-refractivity contribution in [3.05, 3.63) is 76.7 Å². The normalized spacial score (nSPS) is 11.9. The Morgan fingerprint density at radius 3 is 2.70 bits per heavy atom. The van der Waals surface area contributed by atoms with E-state index in [0.29, 0.717) is 5.56 Å². The number of hydrogen-bond donors (Lipinski definition) is 2. The molecule has 4 nitrogen and oxygen atoms in total. The first-order valence-corrected chi connectivity index (χ1v) is 8.09. The number of aromatic amines is 1. The molecule has 2 aromatic carbocycles. The number of H-pyrrole nitrogens is 1. The number of benzene rings is 2. The third kappa shape index (κ3) is 3.68. The van der Waals surface area contributed by atoms with Crippen LogP contribution < -0.4 is 5.32 Å². The van der Waals surface area contributed by atoms with Crippen LogP contribution in [0, 0.1) is 0 Å². The van der Waals surface area contributed by atoms with E-state index in [1.165, 1.54) is 0 Å². The second kappa shape index (κ2) is 6.79.